The molecule has 0 radical (unpaired) electrons. The summed E-state index contributed by atoms with van der Waals surface area (Å²) in [6.45, 7) is 2.14. The molecule has 2 rings (SSSR count). The highest BCUT2D eigenvalue weighted by Gasteiger charge is 2.23. The average molecular weight is 284 g/mol. The molecular formula is C17H20N2O2. The van der Waals surface area contributed by atoms with Gasteiger partial charge in [0.05, 0.1) is 0 Å². The summed E-state index contributed by atoms with van der Waals surface area (Å²) in [6, 6.07) is 8.51. The monoisotopic (exact) mass is 284 g/mol. The summed E-state index contributed by atoms with van der Waals surface area (Å²) in [7, 11) is 0. The number of nitrogens with one attached hydrogen (secondary N) is 1. The SMILES string of the molecule is CC1CCCCC1NC(=O)/C(C#N)=C/c1ccc(O)cc1. The molecule has 1 saturated carbocycles. The van der Waals surface area contributed by atoms with Crippen molar-refractivity contribution in [1.82, 2.24) is 5.32 Å². The lowest BCUT2D eigenvalue weighted by atomic mass is 9.86. The number of carbonyl (C=O) groups excluding carboxylic acids is 1. The highest BCUT2D eigenvalue weighted by molar-refractivity contribution is 6.01. The van der Waals surface area contributed by atoms with Crippen LogP contribution in [0.25, 0.3) is 6.08 Å². The van der Waals surface area contributed by atoms with Crippen molar-refractivity contribution in [2.24, 2.45) is 5.92 Å². The second kappa shape index (κ2) is 6.94. The average Bonchev–Trinajstić information content (AvgIpc) is 2.49. The highest BCUT2D eigenvalue weighted by atomic mass is 16.3. The van der Waals surface area contributed by atoms with Crippen LogP contribution in [0.1, 0.15) is 38.2 Å². The lowest BCUT2D eigenvalue weighted by molar-refractivity contribution is -0.118. The van der Waals surface area contributed by atoms with Gasteiger partial charge in [0.1, 0.15) is 17.4 Å². The molecule has 0 spiro atoms. The summed E-state index contributed by atoms with van der Waals surface area (Å²) >= 11 is 0. The fourth-order valence-corrected chi connectivity index (χ4v) is 2.66. The topological polar surface area (TPSA) is 73.1 Å². The molecule has 1 aromatic rings. The van der Waals surface area contributed by atoms with E-state index in [0.29, 0.717) is 5.92 Å². The summed E-state index contributed by atoms with van der Waals surface area (Å²) in [5.74, 6) is 0.298. The maximum absolute atomic E-state index is 12.2. The van der Waals surface area contributed by atoms with Crippen molar-refractivity contribution in [3.63, 3.8) is 0 Å². The van der Waals surface area contributed by atoms with Gasteiger partial charge < -0.3 is 10.4 Å². The van der Waals surface area contributed by atoms with Gasteiger partial charge in [0.15, 0.2) is 0 Å². The van der Waals surface area contributed by atoms with Crippen LogP contribution in [0.3, 0.4) is 0 Å². The zero-order chi connectivity index (χ0) is 15.2. The second-order valence-corrected chi connectivity index (χ2v) is 5.60. The number of aromatic hydroxyl groups is 1. The van der Waals surface area contributed by atoms with E-state index in [9.17, 15) is 15.2 Å². The second-order valence-electron chi connectivity index (χ2n) is 5.60. The lowest BCUT2D eigenvalue weighted by Gasteiger charge is -2.29. The Morgan fingerprint density at radius 2 is 2.00 bits per heavy atom. The van der Waals surface area contributed by atoms with Crippen LogP contribution in [0.4, 0.5) is 0 Å². The van der Waals surface area contributed by atoms with Crippen molar-refractivity contribution in [3.8, 4) is 11.8 Å². The van der Waals surface area contributed by atoms with Crippen LogP contribution in [0.5, 0.6) is 5.75 Å². The lowest BCUT2D eigenvalue weighted by Crippen LogP contribution is -2.41. The Hall–Kier alpha value is -2.28. The summed E-state index contributed by atoms with van der Waals surface area (Å²) in [4.78, 5) is 12.2. The number of carbonyl (C=O) groups is 1. The van der Waals surface area contributed by atoms with E-state index in [1.807, 2.05) is 6.07 Å². The van der Waals surface area contributed by atoms with Crippen LogP contribution in [0.15, 0.2) is 29.8 Å². The Labute approximate surface area is 125 Å². The van der Waals surface area contributed by atoms with E-state index >= 15 is 0 Å². The smallest absolute Gasteiger partial charge is 0.262 e. The van der Waals surface area contributed by atoms with Crippen molar-refractivity contribution in [1.29, 1.82) is 5.26 Å². The van der Waals surface area contributed by atoms with Crippen molar-refractivity contribution in [2.75, 3.05) is 0 Å². The summed E-state index contributed by atoms with van der Waals surface area (Å²) in [6.07, 6.45) is 5.97. The molecule has 0 saturated heterocycles. The molecular weight excluding hydrogens is 264 g/mol. The Balaban J connectivity index is 2.08. The molecule has 4 heteroatoms. The maximum Gasteiger partial charge on any atom is 0.262 e. The molecule has 4 nitrogen and oxygen atoms in total. The standard InChI is InChI=1S/C17H20N2O2/c1-12-4-2-3-5-16(12)19-17(21)14(11-18)10-13-6-8-15(20)9-7-13/h6-10,12,16,20H,2-5H2,1H3,(H,19,21)/b14-10+. The zero-order valence-electron chi connectivity index (χ0n) is 12.2. The highest BCUT2D eigenvalue weighted by Crippen LogP contribution is 2.24. The number of phenolic OH excluding ortho intramolecular Hbond substituents is 1. The van der Waals surface area contributed by atoms with Crippen LogP contribution in [0, 0.1) is 17.2 Å². The van der Waals surface area contributed by atoms with Crippen LogP contribution >= 0.6 is 0 Å². The zero-order valence-corrected chi connectivity index (χ0v) is 12.2. The third-order valence-electron chi connectivity index (χ3n) is 4.00. The summed E-state index contributed by atoms with van der Waals surface area (Å²) in [5, 5.41) is 21.4. The first-order chi connectivity index (χ1) is 10.1. The van der Waals surface area contributed by atoms with Crippen molar-refractivity contribution >= 4 is 12.0 Å². The molecule has 1 aliphatic rings. The molecule has 0 heterocycles. The van der Waals surface area contributed by atoms with Crippen LogP contribution in [-0.4, -0.2) is 17.1 Å². The molecule has 0 bridgehead atoms. The molecule has 1 aromatic carbocycles. The van der Waals surface area contributed by atoms with Gasteiger partial charge in [-0.15, -0.1) is 0 Å². The number of amides is 1. The number of phenols is 1. The molecule has 2 N–H and O–H groups in total. The minimum Gasteiger partial charge on any atom is -0.508 e. The molecule has 0 aromatic heterocycles. The normalized spacial score (nSPS) is 22.4. The number of nitriles is 1. The van der Waals surface area contributed by atoms with E-state index in [4.69, 9.17) is 0 Å². The maximum atomic E-state index is 12.2. The van der Waals surface area contributed by atoms with Gasteiger partial charge in [-0.2, -0.15) is 5.26 Å². The summed E-state index contributed by atoms with van der Waals surface area (Å²) < 4.78 is 0. The Morgan fingerprint density at radius 3 is 2.62 bits per heavy atom. The first-order valence-corrected chi connectivity index (χ1v) is 7.32. The quantitative estimate of drug-likeness (QED) is 0.662. The third-order valence-corrected chi connectivity index (χ3v) is 4.00. The molecule has 1 fully saturated rings. The van der Waals surface area contributed by atoms with Gasteiger partial charge in [0, 0.05) is 6.04 Å². The fourth-order valence-electron chi connectivity index (χ4n) is 2.66. The predicted octanol–water partition coefficient (Wildman–Crippen LogP) is 2.99. The van der Waals surface area contributed by atoms with Crippen molar-refractivity contribution in [2.45, 2.75) is 38.6 Å². The van der Waals surface area contributed by atoms with Crippen LogP contribution < -0.4 is 5.32 Å². The van der Waals surface area contributed by atoms with Gasteiger partial charge in [-0.25, -0.2) is 0 Å². The van der Waals surface area contributed by atoms with E-state index in [2.05, 4.69) is 12.2 Å². The first kappa shape index (κ1) is 15.1. The molecule has 1 aliphatic carbocycles. The number of hydrogen-bond acceptors (Lipinski definition) is 3. The van der Waals surface area contributed by atoms with E-state index < -0.39 is 0 Å². The Bertz CT molecular complexity index is 569. The summed E-state index contributed by atoms with van der Waals surface area (Å²) in [5.41, 5.74) is 0.814. The van der Waals surface area contributed by atoms with Crippen molar-refractivity contribution < 1.29 is 9.90 Å². The molecule has 0 aliphatic heterocycles. The van der Waals surface area contributed by atoms with Gasteiger partial charge in [-0.3, -0.25) is 4.79 Å². The number of benzene rings is 1. The molecule has 1 amide bonds. The molecule has 2 unspecified atom stereocenters. The molecule has 2 atom stereocenters. The van der Waals surface area contributed by atoms with Gasteiger partial charge in [-0.1, -0.05) is 31.9 Å². The van der Waals surface area contributed by atoms with E-state index in [1.165, 1.54) is 18.6 Å². The number of hydrogen-bond donors (Lipinski definition) is 2. The van der Waals surface area contributed by atoms with Gasteiger partial charge in [0.25, 0.3) is 5.91 Å². The predicted molar refractivity (Wildman–Crippen MR) is 81.3 cm³/mol. The number of rotatable bonds is 3. The minimum atomic E-state index is -0.315. The molecule has 110 valence electrons. The first-order valence-electron chi connectivity index (χ1n) is 7.32. The minimum absolute atomic E-state index is 0.0958. The van der Waals surface area contributed by atoms with Gasteiger partial charge >= 0.3 is 0 Å². The van der Waals surface area contributed by atoms with E-state index in [1.54, 1.807) is 18.2 Å². The van der Waals surface area contributed by atoms with Crippen LogP contribution in [0.2, 0.25) is 0 Å². The van der Waals surface area contributed by atoms with E-state index in [-0.39, 0.29) is 23.3 Å². The Morgan fingerprint density at radius 1 is 1.33 bits per heavy atom. The van der Waals surface area contributed by atoms with Crippen LogP contribution in [-0.2, 0) is 4.79 Å². The van der Waals surface area contributed by atoms with Crippen molar-refractivity contribution in [3.05, 3.63) is 35.4 Å². The largest absolute Gasteiger partial charge is 0.508 e. The van der Waals surface area contributed by atoms with Gasteiger partial charge in [-0.05, 0) is 42.5 Å². The van der Waals surface area contributed by atoms with Gasteiger partial charge in [0.2, 0.25) is 0 Å². The number of nitrogens with zero attached hydrogens (tertiary/aromatic N) is 1. The molecule has 21 heavy (non-hydrogen) atoms. The third kappa shape index (κ3) is 4.09. The van der Waals surface area contributed by atoms with E-state index in [0.717, 1.165) is 24.8 Å². The Kier molecular flexibility index (Phi) is 4.99. The fraction of sp³-hybridized carbons (Fsp3) is 0.412.